The van der Waals surface area contributed by atoms with Gasteiger partial charge in [0.15, 0.2) is 0 Å². The minimum Gasteiger partial charge on any atom is -0.351 e. The standard InChI is InChI=1S/C13H12ClN5O/c14-7-10-6-11(20)19-13(16-10)17-12(18-19)15-8-9-4-2-1-3-5-9/h1-6H,7-8H2,(H2,15,16,17,18). The lowest BCUT2D eigenvalue weighted by molar-refractivity contribution is 0.884. The van der Waals surface area contributed by atoms with E-state index in [2.05, 4.69) is 20.4 Å². The fraction of sp³-hybridized carbons (Fsp3) is 0.154. The highest BCUT2D eigenvalue weighted by molar-refractivity contribution is 6.16. The summed E-state index contributed by atoms with van der Waals surface area (Å²) >= 11 is 5.68. The molecule has 0 aliphatic carbocycles. The van der Waals surface area contributed by atoms with E-state index in [0.717, 1.165) is 5.56 Å². The SMILES string of the molecule is O=c1cc(CCl)nc2nc(NCc3ccccc3)[nH]n12. The third-order valence-corrected chi connectivity index (χ3v) is 3.10. The van der Waals surface area contributed by atoms with Crippen molar-refractivity contribution in [3.63, 3.8) is 0 Å². The summed E-state index contributed by atoms with van der Waals surface area (Å²) in [6.07, 6.45) is 0. The number of alkyl halides is 1. The molecule has 0 saturated carbocycles. The number of hydrogen-bond acceptors (Lipinski definition) is 4. The number of aromatic amines is 1. The number of benzene rings is 1. The van der Waals surface area contributed by atoms with Crippen molar-refractivity contribution in [1.29, 1.82) is 0 Å². The van der Waals surface area contributed by atoms with Crippen LogP contribution in [0.25, 0.3) is 5.78 Å². The number of rotatable bonds is 4. The molecule has 3 rings (SSSR count). The normalized spacial score (nSPS) is 10.8. The van der Waals surface area contributed by atoms with Crippen molar-refractivity contribution in [3.05, 3.63) is 58.0 Å². The largest absolute Gasteiger partial charge is 0.351 e. The quantitative estimate of drug-likeness (QED) is 0.718. The molecule has 0 saturated heterocycles. The number of nitrogens with zero attached hydrogens (tertiary/aromatic N) is 3. The van der Waals surface area contributed by atoms with E-state index in [4.69, 9.17) is 11.6 Å². The molecule has 6 nitrogen and oxygen atoms in total. The van der Waals surface area contributed by atoms with Crippen LogP contribution >= 0.6 is 11.6 Å². The van der Waals surface area contributed by atoms with Crippen molar-refractivity contribution < 1.29 is 0 Å². The zero-order chi connectivity index (χ0) is 13.9. The first-order valence-electron chi connectivity index (χ1n) is 6.09. The lowest BCUT2D eigenvalue weighted by Gasteiger charge is -2.01. The van der Waals surface area contributed by atoms with Gasteiger partial charge in [0.25, 0.3) is 11.3 Å². The van der Waals surface area contributed by atoms with Crippen LogP contribution in [-0.4, -0.2) is 19.6 Å². The first kappa shape index (κ1) is 12.7. The summed E-state index contributed by atoms with van der Waals surface area (Å²) in [5, 5.41) is 5.98. The number of anilines is 1. The fourth-order valence-electron chi connectivity index (χ4n) is 1.86. The summed E-state index contributed by atoms with van der Waals surface area (Å²) < 4.78 is 1.28. The average Bonchev–Trinajstić information content (AvgIpc) is 2.89. The predicted molar refractivity (Wildman–Crippen MR) is 76.9 cm³/mol. The van der Waals surface area contributed by atoms with Gasteiger partial charge in [-0.15, -0.1) is 11.6 Å². The monoisotopic (exact) mass is 289 g/mol. The Labute approximate surface area is 119 Å². The number of aromatic nitrogens is 4. The smallest absolute Gasteiger partial charge is 0.274 e. The van der Waals surface area contributed by atoms with Crippen LogP contribution in [0.2, 0.25) is 0 Å². The minimum atomic E-state index is -0.231. The van der Waals surface area contributed by atoms with Gasteiger partial charge in [-0.3, -0.25) is 9.89 Å². The molecule has 2 N–H and O–H groups in total. The van der Waals surface area contributed by atoms with E-state index in [9.17, 15) is 4.79 Å². The number of hydrogen-bond donors (Lipinski definition) is 2. The average molecular weight is 290 g/mol. The first-order chi connectivity index (χ1) is 9.76. The Morgan fingerprint density at radius 3 is 2.80 bits per heavy atom. The number of halogens is 1. The molecule has 20 heavy (non-hydrogen) atoms. The molecule has 0 bridgehead atoms. The number of H-pyrrole nitrogens is 1. The van der Waals surface area contributed by atoms with Crippen molar-refractivity contribution in [2.24, 2.45) is 0 Å². The van der Waals surface area contributed by atoms with Gasteiger partial charge in [0.05, 0.1) is 11.6 Å². The molecule has 3 aromatic rings. The van der Waals surface area contributed by atoms with Crippen molar-refractivity contribution >= 4 is 23.3 Å². The van der Waals surface area contributed by atoms with Gasteiger partial charge in [0.2, 0.25) is 5.95 Å². The Balaban J connectivity index is 1.86. The van der Waals surface area contributed by atoms with Crippen LogP contribution < -0.4 is 10.9 Å². The molecule has 2 heterocycles. The molecule has 7 heteroatoms. The van der Waals surface area contributed by atoms with Crippen molar-refractivity contribution in [2.45, 2.75) is 12.4 Å². The zero-order valence-electron chi connectivity index (χ0n) is 10.5. The Bertz CT molecular complexity index is 780. The van der Waals surface area contributed by atoms with Gasteiger partial charge in [-0.25, -0.2) is 4.98 Å². The lowest BCUT2D eigenvalue weighted by atomic mass is 10.2. The topological polar surface area (TPSA) is 75.1 Å². The van der Waals surface area contributed by atoms with Gasteiger partial charge in [0.1, 0.15) is 0 Å². The van der Waals surface area contributed by atoms with Crippen molar-refractivity contribution in [1.82, 2.24) is 19.6 Å². The predicted octanol–water partition coefficient (Wildman–Crippen LogP) is 1.77. The third kappa shape index (κ3) is 2.50. The molecule has 0 amide bonds. The Kier molecular flexibility index (Phi) is 3.39. The maximum Gasteiger partial charge on any atom is 0.274 e. The van der Waals surface area contributed by atoms with E-state index in [1.54, 1.807) is 0 Å². The van der Waals surface area contributed by atoms with Crippen LogP contribution in [-0.2, 0) is 12.4 Å². The molecule has 0 radical (unpaired) electrons. The molecule has 1 aromatic carbocycles. The summed E-state index contributed by atoms with van der Waals surface area (Å²) in [4.78, 5) is 20.2. The molecule has 0 aliphatic heterocycles. The summed E-state index contributed by atoms with van der Waals surface area (Å²) in [6, 6.07) is 11.3. The summed E-state index contributed by atoms with van der Waals surface area (Å²) in [7, 11) is 0. The highest BCUT2D eigenvalue weighted by atomic mass is 35.5. The van der Waals surface area contributed by atoms with E-state index in [1.165, 1.54) is 10.6 Å². The van der Waals surface area contributed by atoms with Crippen LogP contribution in [0.1, 0.15) is 11.3 Å². The number of fused-ring (bicyclic) bond motifs is 1. The fourth-order valence-corrected chi connectivity index (χ4v) is 1.99. The second-order valence-corrected chi connectivity index (χ2v) is 4.53. The molecule has 0 unspecified atom stereocenters. The lowest BCUT2D eigenvalue weighted by Crippen LogP contribution is -2.15. The first-order valence-corrected chi connectivity index (χ1v) is 6.62. The van der Waals surface area contributed by atoms with E-state index in [-0.39, 0.29) is 11.4 Å². The van der Waals surface area contributed by atoms with E-state index in [1.807, 2.05) is 30.3 Å². The molecule has 102 valence electrons. The Morgan fingerprint density at radius 1 is 1.25 bits per heavy atom. The van der Waals surface area contributed by atoms with Crippen LogP contribution in [0.5, 0.6) is 0 Å². The summed E-state index contributed by atoms with van der Waals surface area (Å²) in [5.74, 6) is 0.986. The van der Waals surface area contributed by atoms with Crippen LogP contribution in [0.4, 0.5) is 5.95 Å². The maximum atomic E-state index is 11.8. The zero-order valence-corrected chi connectivity index (χ0v) is 11.3. The van der Waals surface area contributed by atoms with Gasteiger partial charge in [0, 0.05) is 12.6 Å². The Hall–Kier alpha value is -2.34. The second-order valence-electron chi connectivity index (χ2n) is 4.27. The third-order valence-electron chi connectivity index (χ3n) is 2.82. The van der Waals surface area contributed by atoms with Gasteiger partial charge < -0.3 is 5.32 Å². The van der Waals surface area contributed by atoms with E-state index < -0.39 is 0 Å². The van der Waals surface area contributed by atoms with Crippen molar-refractivity contribution in [2.75, 3.05) is 5.32 Å². The van der Waals surface area contributed by atoms with E-state index >= 15 is 0 Å². The van der Waals surface area contributed by atoms with Gasteiger partial charge >= 0.3 is 0 Å². The molecular weight excluding hydrogens is 278 g/mol. The summed E-state index contributed by atoms with van der Waals surface area (Å²) in [5.41, 5.74) is 1.40. The maximum absolute atomic E-state index is 11.8. The number of nitrogens with one attached hydrogen (secondary N) is 2. The second kappa shape index (κ2) is 5.34. The molecule has 2 aromatic heterocycles. The van der Waals surface area contributed by atoms with Gasteiger partial charge in [-0.2, -0.15) is 9.50 Å². The van der Waals surface area contributed by atoms with Crippen LogP contribution in [0.3, 0.4) is 0 Å². The van der Waals surface area contributed by atoms with Crippen molar-refractivity contribution in [3.8, 4) is 0 Å². The molecular formula is C13H12ClN5O. The molecule has 0 atom stereocenters. The highest BCUT2D eigenvalue weighted by Gasteiger charge is 2.07. The highest BCUT2D eigenvalue weighted by Crippen LogP contribution is 2.06. The van der Waals surface area contributed by atoms with Crippen LogP contribution in [0, 0.1) is 0 Å². The Morgan fingerprint density at radius 2 is 2.05 bits per heavy atom. The molecule has 0 aliphatic rings. The van der Waals surface area contributed by atoms with Gasteiger partial charge in [-0.05, 0) is 5.56 Å². The molecule has 0 fully saturated rings. The minimum absolute atomic E-state index is 0.186. The van der Waals surface area contributed by atoms with E-state index in [0.29, 0.717) is 24.0 Å². The van der Waals surface area contributed by atoms with Crippen LogP contribution in [0.15, 0.2) is 41.2 Å². The molecule has 0 spiro atoms. The summed E-state index contributed by atoms with van der Waals surface area (Å²) in [6.45, 7) is 0.609. The van der Waals surface area contributed by atoms with Gasteiger partial charge in [-0.1, -0.05) is 30.3 Å².